The Bertz CT molecular complexity index is 388. The van der Waals surface area contributed by atoms with E-state index in [4.69, 9.17) is 11.6 Å². The van der Waals surface area contributed by atoms with Crippen LogP contribution in [0.4, 0.5) is 0 Å². The highest BCUT2D eigenvalue weighted by Gasteiger charge is 2.36. The Kier molecular flexibility index (Phi) is 3.09. The third kappa shape index (κ3) is 2.47. The first kappa shape index (κ1) is 11.5. The number of nitrogens with one attached hydrogen (secondary N) is 3. The maximum absolute atomic E-state index is 5.91. The Morgan fingerprint density at radius 2 is 1.88 bits per heavy atom. The van der Waals surface area contributed by atoms with E-state index in [0.717, 1.165) is 11.1 Å². The van der Waals surface area contributed by atoms with Crippen LogP contribution < -0.4 is 16.2 Å². The fourth-order valence-electron chi connectivity index (χ4n) is 2.39. The normalized spacial score (nSPS) is 32.9. The summed E-state index contributed by atoms with van der Waals surface area (Å²) < 4.78 is 0. The lowest BCUT2D eigenvalue weighted by Gasteiger charge is -2.19. The lowest BCUT2D eigenvalue weighted by atomic mass is 9.94. The van der Waals surface area contributed by atoms with E-state index < -0.39 is 0 Å². The van der Waals surface area contributed by atoms with Crippen LogP contribution in [-0.2, 0) is 0 Å². The van der Waals surface area contributed by atoms with Gasteiger partial charge in [-0.3, -0.25) is 5.32 Å². The van der Waals surface area contributed by atoms with Gasteiger partial charge in [-0.15, -0.1) is 0 Å². The molecule has 1 aliphatic carbocycles. The van der Waals surface area contributed by atoms with Gasteiger partial charge in [-0.25, -0.2) is 10.9 Å². The Morgan fingerprint density at radius 1 is 1.18 bits per heavy atom. The van der Waals surface area contributed by atoms with Crippen LogP contribution >= 0.6 is 11.6 Å². The van der Waals surface area contributed by atoms with Crippen LogP contribution in [0.5, 0.6) is 0 Å². The second kappa shape index (κ2) is 4.58. The van der Waals surface area contributed by atoms with E-state index in [2.05, 4.69) is 35.2 Å². The van der Waals surface area contributed by atoms with Crippen molar-refractivity contribution >= 4 is 11.6 Å². The average molecular weight is 252 g/mol. The van der Waals surface area contributed by atoms with Gasteiger partial charge < -0.3 is 0 Å². The largest absolute Gasteiger partial charge is 0.298 e. The second-order valence-electron chi connectivity index (χ2n) is 5.10. The van der Waals surface area contributed by atoms with Gasteiger partial charge in [0, 0.05) is 17.0 Å². The monoisotopic (exact) mass is 251 g/mol. The minimum absolute atomic E-state index is 0.350. The fourth-order valence-corrected chi connectivity index (χ4v) is 2.52. The van der Waals surface area contributed by atoms with E-state index in [1.165, 1.54) is 18.4 Å². The smallest absolute Gasteiger partial charge is 0.0751 e. The molecule has 3 unspecified atom stereocenters. The molecule has 0 bridgehead atoms. The van der Waals surface area contributed by atoms with E-state index in [1.807, 2.05) is 12.1 Å². The van der Waals surface area contributed by atoms with E-state index in [0.29, 0.717) is 18.1 Å². The number of rotatable bonds is 3. The summed E-state index contributed by atoms with van der Waals surface area (Å²) >= 11 is 5.91. The maximum Gasteiger partial charge on any atom is 0.0751 e. The zero-order chi connectivity index (χ0) is 11.8. The molecule has 3 atom stereocenters. The fraction of sp³-hybridized carbons (Fsp3) is 0.538. The van der Waals surface area contributed by atoms with Gasteiger partial charge in [0.05, 0.1) is 12.2 Å². The Balaban J connectivity index is 1.69. The molecule has 1 aromatic rings. The summed E-state index contributed by atoms with van der Waals surface area (Å²) in [6, 6.07) is 9.17. The van der Waals surface area contributed by atoms with Crippen molar-refractivity contribution in [2.75, 3.05) is 0 Å². The first-order valence-electron chi connectivity index (χ1n) is 6.26. The lowest BCUT2D eigenvalue weighted by molar-refractivity contribution is 0.380. The number of halogens is 1. The summed E-state index contributed by atoms with van der Waals surface area (Å²) in [6.45, 7) is 2.27. The molecule has 1 saturated carbocycles. The van der Waals surface area contributed by atoms with Crippen LogP contribution in [0.1, 0.15) is 31.4 Å². The molecule has 17 heavy (non-hydrogen) atoms. The quantitative estimate of drug-likeness (QED) is 0.771. The molecule has 4 heteroatoms. The van der Waals surface area contributed by atoms with Crippen molar-refractivity contribution in [3.63, 3.8) is 0 Å². The zero-order valence-electron chi connectivity index (χ0n) is 9.91. The van der Waals surface area contributed by atoms with Crippen molar-refractivity contribution in [2.45, 2.75) is 38.0 Å². The summed E-state index contributed by atoms with van der Waals surface area (Å²) in [6.07, 6.45) is 3.00. The molecular formula is C13H18ClN3. The molecule has 0 radical (unpaired) electrons. The van der Waals surface area contributed by atoms with Crippen LogP contribution in [0, 0.1) is 5.92 Å². The van der Waals surface area contributed by atoms with Gasteiger partial charge in [0.1, 0.15) is 0 Å². The summed E-state index contributed by atoms with van der Waals surface area (Å²) in [4.78, 5) is 0. The molecule has 0 spiro atoms. The second-order valence-corrected chi connectivity index (χ2v) is 5.53. The molecular weight excluding hydrogens is 234 g/mol. The van der Waals surface area contributed by atoms with Crippen LogP contribution in [0.2, 0.25) is 5.02 Å². The summed E-state index contributed by atoms with van der Waals surface area (Å²) in [7, 11) is 0. The van der Waals surface area contributed by atoms with Crippen molar-refractivity contribution in [3.05, 3.63) is 34.9 Å². The highest BCUT2D eigenvalue weighted by Crippen LogP contribution is 2.30. The molecule has 3 N–H and O–H groups in total. The minimum Gasteiger partial charge on any atom is -0.298 e. The van der Waals surface area contributed by atoms with Gasteiger partial charge in [-0.1, -0.05) is 30.7 Å². The Hall–Kier alpha value is -0.610. The number of benzene rings is 1. The number of hydrogen-bond acceptors (Lipinski definition) is 3. The van der Waals surface area contributed by atoms with Crippen molar-refractivity contribution in [1.29, 1.82) is 0 Å². The summed E-state index contributed by atoms with van der Waals surface area (Å²) in [5.41, 5.74) is 8.00. The van der Waals surface area contributed by atoms with Gasteiger partial charge >= 0.3 is 0 Å². The van der Waals surface area contributed by atoms with Gasteiger partial charge in [-0.2, -0.15) is 0 Å². The Labute approximate surface area is 107 Å². The van der Waals surface area contributed by atoms with Crippen LogP contribution in [0.3, 0.4) is 0 Å². The van der Waals surface area contributed by atoms with E-state index in [9.17, 15) is 0 Å². The van der Waals surface area contributed by atoms with E-state index >= 15 is 0 Å². The topological polar surface area (TPSA) is 36.1 Å². The maximum atomic E-state index is 5.91. The van der Waals surface area contributed by atoms with E-state index in [-0.39, 0.29) is 0 Å². The van der Waals surface area contributed by atoms with Crippen LogP contribution in [0.25, 0.3) is 0 Å². The first-order valence-corrected chi connectivity index (χ1v) is 6.64. The van der Waals surface area contributed by atoms with Crippen molar-refractivity contribution in [2.24, 2.45) is 5.92 Å². The molecule has 3 nitrogen and oxygen atoms in total. The molecule has 1 saturated heterocycles. The van der Waals surface area contributed by atoms with Gasteiger partial charge in [0.15, 0.2) is 0 Å². The highest BCUT2D eigenvalue weighted by atomic mass is 35.5. The van der Waals surface area contributed by atoms with Crippen molar-refractivity contribution in [3.8, 4) is 0 Å². The molecule has 0 amide bonds. The molecule has 92 valence electrons. The first-order chi connectivity index (χ1) is 8.24. The van der Waals surface area contributed by atoms with Gasteiger partial charge in [0.25, 0.3) is 0 Å². The summed E-state index contributed by atoms with van der Waals surface area (Å²) in [5, 5.41) is 4.41. The van der Waals surface area contributed by atoms with Gasteiger partial charge in [0.2, 0.25) is 0 Å². The predicted molar refractivity (Wildman–Crippen MR) is 69.6 cm³/mol. The predicted octanol–water partition coefficient (Wildman–Crippen LogP) is 2.20. The minimum atomic E-state index is 0.350. The van der Waals surface area contributed by atoms with E-state index in [1.54, 1.807) is 0 Å². The third-order valence-corrected chi connectivity index (χ3v) is 3.92. The van der Waals surface area contributed by atoms with Crippen molar-refractivity contribution < 1.29 is 0 Å². The highest BCUT2D eigenvalue weighted by molar-refractivity contribution is 6.30. The third-order valence-electron chi connectivity index (χ3n) is 3.67. The average Bonchev–Trinajstić information content (AvgIpc) is 3.07. The molecule has 3 rings (SSSR count). The molecule has 1 heterocycles. The SMILES string of the molecule is CC1C(NC2CC2)NNC1c1ccc(Cl)cc1. The van der Waals surface area contributed by atoms with Crippen molar-refractivity contribution in [1.82, 2.24) is 16.2 Å². The molecule has 1 aliphatic heterocycles. The van der Waals surface area contributed by atoms with Crippen LogP contribution in [0.15, 0.2) is 24.3 Å². The molecule has 1 aromatic carbocycles. The number of hydrogen-bond donors (Lipinski definition) is 3. The molecule has 2 aliphatic rings. The molecule has 0 aromatic heterocycles. The number of hydrazine groups is 1. The lowest BCUT2D eigenvalue weighted by Crippen LogP contribution is -2.44. The van der Waals surface area contributed by atoms with Crippen LogP contribution in [-0.4, -0.2) is 12.2 Å². The zero-order valence-corrected chi connectivity index (χ0v) is 10.7. The summed E-state index contributed by atoms with van der Waals surface area (Å²) in [5.74, 6) is 0.525. The Morgan fingerprint density at radius 3 is 2.53 bits per heavy atom. The molecule has 2 fully saturated rings. The van der Waals surface area contributed by atoms with Gasteiger partial charge in [-0.05, 0) is 30.5 Å². The standard InChI is InChI=1S/C13H18ClN3/c1-8-12(9-2-4-10(14)5-3-9)16-17-13(8)15-11-6-7-11/h2-5,8,11-13,15-17H,6-7H2,1H3.